The van der Waals surface area contributed by atoms with Crippen LogP contribution in [0.5, 0.6) is 0 Å². The van der Waals surface area contributed by atoms with Crippen LogP contribution in [0.3, 0.4) is 0 Å². The highest BCUT2D eigenvalue weighted by Gasteiger charge is 2.53. The Bertz CT molecular complexity index is 661. The van der Waals surface area contributed by atoms with Gasteiger partial charge in [-0.05, 0) is 79.7 Å². The van der Waals surface area contributed by atoms with Crippen molar-refractivity contribution in [2.24, 2.45) is 0 Å². The normalized spacial score (nSPS) is 19.6. The van der Waals surface area contributed by atoms with Gasteiger partial charge >= 0.3 is 7.12 Å². The largest absolute Gasteiger partial charge is 0.525 e. The molecule has 0 bridgehead atoms. The summed E-state index contributed by atoms with van der Waals surface area (Å²) in [7, 11) is -1.09. The van der Waals surface area contributed by atoms with Crippen molar-refractivity contribution in [2.45, 2.75) is 58.7 Å². The van der Waals surface area contributed by atoms with Gasteiger partial charge in [-0.25, -0.2) is 8.78 Å². The maximum Gasteiger partial charge on any atom is 0.525 e. The van der Waals surface area contributed by atoms with Crippen molar-refractivity contribution in [3.63, 3.8) is 0 Å². The van der Waals surface area contributed by atoms with E-state index in [9.17, 15) is 4.39 Å². The van der Waals surface area contributed by atoms with Crippen LogP contribution in [0, 0.1) is 5.82 Å². The van der Waals surface area contributed by atoms with Gasteiger partial charge in [0, 0.05) is 6.61 Å². The number of halogens is 3. The van der Waals surface area contributed by atoms with Crippen LogP contribution in [0.25, 0.3) is 5.57 Å². The van der Waals surface area contributed by atoms with Crippen molar-refractivity contribution in [2.75, 3.05) is 13.2 Å². The average Bonchev–Trinajstić information content (AvgIpc) is 2.78. The first kappa shape index (κ1) is 21.5. The maximum absolute atomic E-state index is 15.4. The summed E-state index contributed by atoms with van der Waals surface area (Å²) in [5.74, 6) is -0.397. The van der Waals surface area contributed by atoms with Gasteiger partial charge in [-0.2, -0.15) is 0 Å². The maximum atomic E-state index is 15.4. The summed E-state index contributed by atoms with van der Waals surface area (Å²) in [5, 5.41) is 0. The standard InChI is InChI=1S/C19H26BBrF2O3/c1-6-10-24-11-9-14(13-7-8-16(22)15(21)12-13)17(23)20-25-18(2,3)19(4,5)26-20/h7-8,12H,6,9-11H2,1-5H3. The Morgan fingerprint density at radius 2 is 1.77 bits per heavy atom. The van der Waals surface area contributed by atoms with Crippen LogP contribution in [0.4, 0.5) is 8.78 Å². The zero-order valence-corrected chi connectivity index (χ0v) is 17.6. The van der Waals surface area contributed by atoms with Crippen LogP contribution >= 0.6 is 15.9 Å². The molecule has 0 atom stereocenters. The fourth-order valence-electron chi connectivity index (χ4n) is 2.59. The third kappa shape index (κ3) is 4.74. The Morgan fingerprint density at radius 3 is 2.31 bits per heavy atom. The number of hydrogen-bond acceptors (Lipinski definition) is 3. The number of hydrogen-bond donors (Lipinski definition) is 0. The van der Waals surface area contributed by atoms with Crippen LogP contribution in [0.1, 0.15) is 53.0 Å². The molecule has 0 unspecified atom stereocenters. The molecule has 0 aromatic heterocycles. The average molecular weight is 431 g/mol. The molecule has 0 amide bonds. The highest BCUT2D eigenvalue weighted by atomic mass is 79.9. The molecule has 1 aromatic rings. The topological polar surface area (TPSA) is 27.7 Å². The second kappa shape index (κ2) is 8.51. The summed E-state index contributed by atoms with van der Waals surface area (Å²) in [6.45, 7) is 10.5. The van der Waals surface area contributed by atoms with Crippen molar-refractivity contribution < 1.29 is 22.8 Å². The molecular formula is C19H26BBrF2O3. The van der Waals surface area contributed by atoms with E-state index in [-0.39, 0.29) is 4.47 Å². The van der Waals surface area contributed by atoms with Gasteiger partial charge in [-0.1, -0.05) is 13.0 Å². The van der Waals surface area contributed by atoms with Gasteiger partial charge in [0.25, 0.3) is 0 Å². The molecule has 1 aliphatic rings. The minimum Gasteiger partial charge on any atom is -0.398 e. The third-order valence-electron chi connectivity index (χ3n) is 4.86. The lowest BCUT2D eigenvalue weighted by atomic mass is 9.82. The van der Waals surface area contributed by atoms with Gasteiger partial charge < -0.3 is 14.0 Å². The highest BCUT2D eigenvalue weighted by molar-refractivity contribution is 9.10. The van der Waals surface area contributed by atoms with E-state index in [2.05, 4.69) is 15.9 Å². The highest BCUT2D eigenvalue weighted by Crippen LogP contribution is 2.41. The van der Waals surface area contributed by atoms with Crippen molar-refractivity contribution >= 4 is 28.6 Å². The fourth-order valence-corrected chi connectivity index (χ4v) is 2.97. The molecule has 0 radical (unpaired) electrons. The van der Waals surface area contributed by atoms with E-state index in [0.29, 0.717) is 30.8 Å². The summed E-state index contributed by atoms with van der Waals surface area (Å²) in [6, 6.07) is 4.43. The lowest BCUT2D eigenvalue weighted by Crippen LogP contribution is -2.41. The van der Waals surface area contributed by atoms with Crippen LogP contribution < -0.4 is 0 Å². The molecule has 0 spiro atoms. The first-order valence-corrected chi connectivity index (χ1v) is 9.65. The molecule has 1 saturated heterocycles. The Kier molecular flexibility index (Phi) is 7.05. The molecule has 7 heteroatoms. The van der Waals surface area contributed by atoms with Crippen LogP contribution in [-0.2, 0) is 14.0 Å². The fraction of sp³-hybridized carbons (Fsp3) is 0.579. The molecule has 1 heterocycles. The van der Waals surface area contributed by atoms with Gasteiger partial charge in [0.2, 0.25) is 0 Å². The van der Waals surface area contributed by atoms with E-state index in [0.717, 1.165) is 6.42 Å². The number of benzene rings is 1. The summed E-state index contributed by atoms with van der Waals surface area (Å²) in [6.07, 6.45) is 1.23. The SMILES string of the molecule is CCCOCCC(=C(F)B1OC(C)(C)C(C)(C)O1)c1ccc(F)c(Br)c1. The molecule has 0 saturated carbocycles. The Hall–Kier alpha value is -0.755. The minimum absolute atomic E-state index is 0.281. The molecular weight excluding hydrogens is 405 g/mol. The lowest BCUT2D eigenvalue weighted by Gasteiger charge is -2.32. The summed E-state index contributed by atoms with van der Waals surface area (Å²) in [5.41, 5.74) is -0.794. The minimum atomic E-state index is -1.09. The van der Waals surface area contributed by atoms with Crippen LogP contribution in [0.2, 0.25) is 0 Å². The molecule has 0 N–H and O–H groups in total. The Morgan fingerprint density at radius 1 is 1.15 bits per heavy atom. The van der Waals surface area contributed by atoms with Crippen molar-refractivity contribution in [3.8, 4) is 0 Å². The molecule has 3 nitrogen and oxygen atoms in total. The van der Waals surface area contributed by atoms with Crippen molar-refractivity contribution in [3.05, 3.63) is 39.8 Å². The van der Waals surface area contributed by atoms with Gasteiger partial charge in [0.05, 0.1) is 22.3 Å². The molecule has 26 heavy (non-hydrogen) atoms. The molecule has 0 aliphatic carbocycles. The second-order valence-corrected chi connectivity index (χ2v) is 8.26. The zero-order valence-electron chi connectivity index (χ0n) is 16.0. The van der Waals surface area contributed by atoms with Crippen LogP contribution in [-0.4, -0.2) is 31.5 Å². The second-order valence-electron chi connectivity index (χ2n) is 7.41. The first-order valence-electron chi connectivity index (χ1n) is 8.86. The van der Waals surface area contributed by atoms with E-state index >= 15 is 4.39 Å². The quantitative estimate of drug-likeness (QED) is 0.409. The van der Waals surface area contributed by atoms with E-state index in [1.807, 2.05) is 34.6 Å². The van der Waals surface area contributed by atoms with E-state index in [4.69, 9.17) is 14.0 Å². The van der Waals surface area contributed by atoms with Crippen molar-refractivity contribution in [1.82, 2.24) is 0 Å². The molecule has 1 aliphatic heterocycles. The molecule has 1 aromatic carbocycles. The van der Waals surface area contributed by atoms with Gasteiger partial charge in [0.1, 0.15) is 11.5 Å². The van der Waals surface area contributed by atoms with Crippen molar-refractivity contribution in [1.29, 1.82) is 0 Å². The third-order valence-corrected chi connectivity index (χ3v) is 5.47. The predicted molar refractivity (Wildman–Crippen MR) is 104 cm³/mol. The van der Waals surface area contributed by atoms with Gasteiger partial charge in [-0.3, -0.25) is 0 Å². The molecule has 1 fully saturated rings. The van der Waals surface area contributed by atoms with Crippen LogP contribution in [0.15, 0.2) is 28.4 Å². The smallest absolute Gasteiger partial charge is 0.398 e. The summed E-state index contributed by atoms with van der Waals surface area (Å²) >= 11 is 3.16. The first-order chi connectivity index (χ1) is 12.1. The number of ether oxygens (including phenoxy) is 1. The van der Waals surface area contributed by atoms with Gasteiger partial charge in [0.15, 0.2) is 0 Å². The predicted octanol–water partition coefficient (Wildman–Crippen LogP) is 5.72. The lowest BCUT2D eigenvalue weighted by molar-refractivity contribution is 0.00578. The van der Waals surface area contributed by atoms with Gasteiger partial charge in [-0.15, -0.1) is 0 Å². The Labute approximate surface area is 163 Å². The summed E-state index contributed by atoms with van der Waals surface area (Å²) < 4.78 is 46.4. The van der Waals surface area contributed by atoms with E-state index < -0.39 is 29.9 Å². The summed E-state index contributed by atoms with van der Waals surface area (Å²) in [4.78, 5) is 0. The monoisotopic (exact) mass is 430 g/mol. The molecule has 2 rings (SSSR count). The van der Waals surface area contributed by atoms with E-state index in [1.54, 1.807) is 12.1 Å². The molecule has 144 valence electrons. The number of rotatable bonds is 7. The Balaban J connectivity index is 2.35. The zero-order chi connectivity index (χ0) is 19.5. The van der Waals surface area contributed by atoms with E-state index in [1.165, 1.54) is 6.07 Å².